The third kappa shape index (κ3) is 5.46. The minimum absolute atomic E-state index is 0.0769. The highest BCUT2D eigenvalue weighted by molar-refractivity contribution is 5.73. The Morgan fingerprint density at radius 1 is 1.32 bits per heavy atom. The molecule has 0 atom stereocenters. The van der Waals surface area contributed by atoms with Crippen molar-refractivity contribution in [3.63, 3.8) is 0 Å². The second-order valence-electron chi connectivity index (χ2n) is 5.79. The predicted octanol–water partition coefficient (Wildman–Crippen LogP) is 1.34. The van der Waals surface area contributed by atoms with E-state index >= 15 is 0 Å². The molecule has 110 valence electrons. The number of hydrogen-bond acceptors (Lipinski definition) is 4. The number of rotatable bonds is 5. The van der Waals surface area contributed by atoms with Gasteiger partial charge in [-0.25, -0.2) is 4.79 Å². The molecule has 1 amide bonds. The first kappa shape index (κ1) is 15.8. The van der Waals surface area contributed by atoms with E-state index in [0.29, 0.717) is 19.0 Å². The highest BCUT2D eigenvalue weighted by Gasteiger charge is 2.31. The van der Waals surface area contributed by atoms with Gasteiger partial charge in [0.1, 0.15) is 5.60 Å². The molecule has 0 spiro atoms. The topological polar surface area (TPSA) is 102 Å². The summed E-state index contributed by atoms with van der Waals surface area (Å²) >= 11 is 0. The van der Waals surface area contributed by atoms with E-state index in [1.807, 2.05) is 0 Å². The van der Waals surface area contributed by atoms with Crippen LogP contribution in [0.25, 0.3) is 0 Å². The van der Waals surface area contributed by atoms with Gasteiger partial charge in [0.05, 0.1) is 5.92 Å². The van der Waals surface area contributed by atoms with Crippen LogP contribution in [0.2, 0.25) is 0 Å². The lowest BCUT2D eigenvalue weighted by atomic mass is 9.82. The predicted molar refractivity (Wildman–Crippen MR) is 70.7 cm³/mol. The number of hydrogen-bond donors (Lipinski definition) is 3. The molecule has 0 radical (unpaired) electrons. The fraction of sp³-hybridized carbons (Fsp3) is 0.846. The van der Waals surface area contributed by atoms with E-state index < -0.39 is 11.7 Å². The standard InChI is InChI=1S/C13H24N2O4/c1-13(2,8-14)19-11(16)10-5-3-9(4-6-10)7-15-12(17)18/h9-10,15H,3-8,14H2,1-2H3,(H,17,18). The number of carbonyl (C=O) groups is 2. The monoisotopic (exact) mass is 272 g/mol. The van der Waals surface area contributed by atoms with Crippen LogP contribution < -0.4 is 11.1 Å². The molecule has 1 rings (SSSR count). The van der Waals surface area contributed by atoms with Gasteiger partial charge in [-0.2, -0.15) is 0 Å². The van der Waals surface area contributed by atoms with Crippen LogP contribution in [-0.2, 0) is 9.53 Å². The molecule has 0 aromatic carbocycles. The van der Waals surface area contributed by atoms with Crippen LogP contribution in [0, 0.1) is 11.8 Å². The van der Waals surface area contributed by atoms with Crippen LogP contribution >= 0.6 is 0 Å². The van der Waals surface area contributed by atoms with E-state index in [2.05, 4.69) is 5.32 Å². The second-order valence-corrected chi connectivity index (χ2v) is 5.79. The molecule has 6 nitrogen and oxygen atoms in total. The van der Waals surface area contributed by atoms with Crippen LogP contribution in [0.3, 0.4) is 0 Å². The number of carbonyl (C=O) groups excluding carboxylic acids is 1. The zero-order valence-corrected chi connectivity index (χ0v) is 11.6. The Balaban J connectivity index is 2.33. The number of nitrogens with two attached hydrogens (primary N) is 1. The minimum atomic E-state index is -0.994. The third-order valence-corrected chi connectivity index (χ3v) is 3.59. The summed E-state index contributed by atoms with van der Waals surface area (Å²) < 4.78 is 5.39. The van der Waals surface area contributed by atoms with E-state index in [1.165, 1.54) is 0 Å². The first-order chi connectivity index (χ1) is 8.84. The summed E-state index contributed by atoms with van der Waals surface area (Å²) in [5.41, 5.74) is 4.92. The fourth-order valence-electron chi connectivity index (χ4n) is 2.23. The SMILES string of the molecule is CC(C)(CN)OC(=O)C1CCC(CNC(=O)O)CC1. The van der Waals surface area contributed by atoms with Crippen molar-refractivity contribution >= 4 is 12.1 Å². The van der Waals surface area contributed by atoms with Crippen LogP contribution in [0.4, 0.5) is 4.79 Å². The maximum atomic E-state index is 12.0. The molecule has 1 aliphatic carbocycles. The molecular formula is C13H24N2O4. The summed E-state index contributed by atoms with van der Waals surface area (Å²) in [4.78, 5) is 22.4. The molecule has 1 saturated carbocycles. The summed E-state index contributed by atoms with van der Waals surface area (Å²) in [5.74, 6) is 0.0645. The van der Waals surface area contributed by atoms with Crippen molar-refractivity contribution in [2.24, 2.45) is 17.6 Å². The second kappa shape index (κ2) is 6.75. The Labute approximate surface area is 113 Å². The highest BCUT2D eigenvalue weighted by atomic mass is 16.6. The normalized spacial score (nSPS) is 23.7. The highest BCUT2D eigenvalue weighted by Crippen LogP contribution is 2.30. The summed E-state index contributed by atoms with van der Waals surface area (Å²) in [6, 6.07) is 0. The fourth-order valence-corrected chi connectivity index (χ4v) is 2.23. The molecule has 0 aromatic rings. The summed E-state index contributed by atoms with van der Waals surface area (Å²) in [6.45, 7) is 4.36. The number of ether oxygens (including phenoxy) is 1. The molecule has 0 aliphatic heterocycles. The van der Waals surface area contributed by atoms with Crippen molar-refractivity contribution < 1.29 is 19.4 Å². The van der Waals surface area contributed by atoms with Crippen LogP contribution in [-0.4, -0.2) is 35.9 Å². The van der Waals surface area contributed by atoms with Gasteiger partial charge in [0.25, 0.3) is 0 Å². The summed E-state index contributed by atoms with van der Waals surface area (Å²) in [7, 11) is 0. The Bertz CT molecular complexity index is 323. The van der Waals surface area contributed by atoms with E-state index in [-0.39, 0.29) is 11.9 Å². The van der Waals surface area contributed by atoms with Gasteiger partial charge in [-0.3, -0.25) is 4.79 Å². The van der Waals surface area contributed by atoms with Gasteiger partial charge in [0, 0.05) is 13.1 Å². The van der Waals surface area contributed by atoms with Crippen LogP contribution in [0.15, 0.2) is 0 Å². The lowest BCUT2D eigenvalue weighted by Gasteiger charge is -2.30. The molecule has 6 heteroatoms. The van der Waals surface area contributed by atoms with Crippen molar-refractivity contribution in [3.05, 3.63) is 0 Å². The average Bonchev–Trinajstić information content (AvgIpc) is 2.36. The van der Waals surface area contributed by atoms with E-state index in [9.17, 15) is 9.59 Å². The molecule has 4 N–H and O–H groups in total. The first-order valence-corrected chi connectivity index (χ1v) is 6.74. The van der Waals surface area contributed by atoms with Gasteiger partial charge < -0.3 is 20.9 Å². The maximum Gasteiger partial charge on any atom is 0.404 e. The molecule has 19 heavy (non-hydrogen) atoms. The van der Waals surface area contributed by atoms with E-state index in [0.717, 1.165) is 25.7 Å². The summed E-state index contributed by atoms with van der Waals surface area (Å²) in [5, 5.41) is 10.9. The smallest absolute Gasteiger partial charge is 0.404 e. The van der Waals surface area contributed by atoms with E-state index in [1.54, 1.807) is 13.8 Å². The Kier molecular flexibility index (Phi) is 5.60. The van der Waals surface area contributed by atoms with Crippen molar-refractivity contribution in [3.8, 4) is 0 Å². The third-order valence-electron chi connectivity index (χ3n) is 3.59. The number of carboxylic acid groups (broad SMARTS) is 1. The maximum absolute atomic E-state index is 12.0. The van der Waals surface area contributed by atoms with Crippen LogP contribution in [0.5, 0.6) is 0 Å². The molecule has 1 fully saturated rings. The lowest BCUT2D eigenvalue weighted by molar-refractivity contribution is -0.162. The number of amides is 1. The largest absolute Gasteiger partial charge is 0.465 e. The van der Waals surface area contributed by atoms with E-state index in [4.69, 9.17) is 15.6 Å². The van der Waals surface area contributed by atoms with Gasteiger partial charge in [-0.15, -0.1) is 0 Å². The number of nitrogens with one attached hydrogen (secondary N) is 1. The Hall–Kier alpha value is -1.30. The van der Waals surface area contributed by atoms with Crippen molar-refractivity contribution in [2.45, 2.75) is 45.1 Å². The summed E-state index contributed by atoms with van der Waals surface area (Å²) in [6.07, 6.45) is 2.22. The minimum Gasteiger partial charge on any atom is -0.465 e. The van der Waals surface area contributed by atoms with Crippen molar-refractivity contribution in [1.29, 1.82) is 0 Å². The van der Waals surface area contributed by atoms with Gasteiger partial charge in [-0.05, 0) is 45.4 Å². The lowest BCUT2D eigenvalue weighted by Crippen LogP contribution is -2.39. The molecule has 0 unspecified atom stereocenters. The van der Waals surface area contributed by atoms with Crippen molar-refractivity contribution in [2.75, 3.05) is 13.1 Å². The van der Waals surface area contributed by atoms with Gasteiger partial charge in [0.15, 0.2) is 0 Å². The van der Waals surface area contributed by atoms with Gasteiger partial charge >= 0.3 is 12.1 Å². The van der Waals surface area contributed by atoms with Crippen molar-refractivity contribution in [1.82, 2.24) is 5.32 Å². The first-order valence-electron chi connectivity index (χ1n) is 6.74. The van der Waals surface area contributed by atoms with Gasteiger partial charge in [0.2, 0.25) is 0 Å². The molecule has 0 aromatic heterocycles. The molecule has 1 aliphatic rings. The Morgan fingerprint density at radius 3 is 2.37 bits per heavy atom. The molecule has 0 heterocycles. The molecular weight excluding hydrogens is 248 g/mol. The molecule has 0 bridgehead atoms. The quantitative estimate of drug-likeness (QED) is 0.655. The molecule has 0 saturated heterocycles. The number of esters is 1. The zero-order chi connectivity index (χ0) is 14.5. The average molecular weight is 272 g/mol. The zero-order valence-electron chi connectivity index (χ0n) is 11.6. The Morgan fingerprint density at radius 2 is 1.89 bits per heavy atom. The van der Waals surface area contributed by atoms with Gasteiger partial charge in [-0.1, -0.05) is 0 Å². The van der Waals surface area contributed by atoms with Crippen LogP contribution in [0.1, 0.15) is 39.5 Å².